The first-order chi connectivity index (χ1) is 12.6. The molecule has 0 aromatic heterocycles. The summed E-state index contributed by atoms with van der Waals surface area (Å²) < 4.78 is 5.81. The van der Waals surface area contributed by atoms with Gasteiger partial charge in [0.2, 0.25) is 11.5 Å². The van der Waals surface area contributed by atoms with E-state index in [1.54, 1.807) is 35.2 Å². The number of rotatable bonds is 5. The topological polar surface area (TPSA) is 66.8 Å². The van der Waals surface area contributed by atoms with Crippen LogP contribution in [0, 0.1) is 0 Å². The molecule has 1 amide bonds. The van der Waals surface area contributed by atoms with Gasteiger partial charge >= 0.3 is 5.97 Å². The lowest BCUT2D eigenvalue weighted by Gasteiger charge is -2.38. The van der Waals surface area contributed by atoms with Gasteiger partial charge in [0.05, 0.1) is 0 Å². The first-order valence-corrected chi connectivity index (χ1v) is 8.59. The van der Waals surface area contributed by atoms with Gasteiger partial charge < -0.3 is 14.7 Å². The summed E-state index contributed by atoms with van der Waals surface area (Å²) in [5.74, 6) is -0.584. The van der Waals surface area contributed by atoms with Crippen LogP contribution in [0.25, 0.3) is 6.08 Å². The lowest BCUT2D eigenvalue weighted by Crippen LogP contribution is -2.54. The number of carbonyl (C=O) groups is 2. The van der Waals surface area contributed by atoms with Gasteiger partial charge in [0.1, 0.15) is 5.75 Å². The van der Waals surface area contributed by atoms with Crippen LogP contribution in [0.4, 0.5) is 0 Å². The summed E-state index contributed by atoms with van der Waals surface area (Å²) >= 11 is 0. The summed E-state index contributed by atoms with van der Waals surface area (Å²) in [6.45, 7) is 0.689. The van der Waals surface area contributed by atoms with Crippen LogP contribution in [0.1, 0.15) is 18.4 Å². The number of aliphatic carboxylic acids is 1. The van der Waals surface area contributed by atoms with Gasteiger partial charge in [0.25, 0.3) is 0 Å². The Bertz CT molecular complexity index is 778. The number of carboxylic acid groups (broad SMARTS) is 1. The number of para-hydroxylation sites is 1. The summed E-state index contributed by atoms with van der Waals surface area (Å²) in [5, 5.41) is 9.68. The average molecular weight is 351 g/mol. The number of nitrogens with zero attached hydrogens (tertiary/aromatic N) is 1. The Labute approximate surface area is 152 Å². The van der Waals surface area contributed by atoms with Crippen LogP contribution in [0.5, 0.6) is 5.75 Å². The molecule has 5 nitrogen and oxygen atoms in total. The number of carboxylic acids is 1. The fourth-order valence-corrected chi connectivity index (χ4v) is 3.00. The number of carbonyl (C=O) groups excluding carboxylic acids is 1. The van der Waals surface area contributed by atoms with E-state index < -0.39 is 11.6 Å². The highest BCUT2D eigenvalue weighted by Crippen LogP contribution is 2.29. The number of benzene rings is 2. The van der Waals surface area contributed by atoms with Gasteiger partial charge in [0.15, 0.2) is 0 Å². The standard InChI is InChI=1S/C21H21NO4/c23-19(12-11-17-7-3-1-4-8-17)22-15-13-21(14-16-22,20(24)25)26-18-9-5-2-6-10-18/h1-12H,13-16H2,(H,24,25)/b12-11+. The Kier molecular flexibility index (Phi) is 5.37. The van der Waals surface area contributed by atoms with Crippen molar-refractivity contribution in [2.75, 3.05) is 13.1 Å². The third-order valence-corrected chi connectivity index (χ3v) is 4.55. The summed E-state index contributed by atoms with van der Waals surface area (Å²) in [4.78, 5) is 25.8. The van der Waals surface area contributed by atoms with Crippen molar-refractivity contribution in [3.63, 3.8) is 0 Å². The lowest BCUT2D eigenvalue weighted by molar-refractivity contribution is -0.161. The van der Waals surface area contributed by atoms with Crippen LogP contribution in [-0.2, 0) is 9.59 Å². The van der Waals surface area contributed by atoms with Gasteiger partial charge in [-0.25, -0.2) is 4.79 Å². The van der Waals surface area contributed by atoms with E-state index in [2.05, 4.69) is 0 Å². The van der Waals surface area contributed by atoms with Gasteiger partial charge in [0, 0.05) is 32.0 Å². The molecule has 0 spiro atoms. The molecule has 1 heterocycles. The predicted molar refractivity (Wildman–Crippen MR) is 98.7 cm³/mol. The Morgan fingerprint density at radius 1 is 0.962 bits per heavy atom. The van der Waals surface area contributed by atoms with E-state index in [4.69, 9.17) is 4.74 Å². The Balaban J connectivity index is 1.63. The van der Waals surface area contributed by atoms with Crippen LogP contribution < -0.4 is 4.74 Å². The zero-order valence-electron chi connectivity index (χ0n) is 14.4. The molecule has 1 saturated heterocycles. The van der Waals surface area contributed by atoms with E-state index in [9.17, 15) is 14.7 Å². The highest BCUT2D eigenvalue weighted by molar-refractivity contribution is 5.92. The first kappa shape index (κ1) is 17.7. The highest BCUT2D eigenvalue weighted by Gasteiger charge is 2.44. The van der Waals surface area contributed by atoms with Crippen molar-refractivity contribution in [3.8, 4) is 5.75 Å². The van der Waals surface area contributed by atoms with E-state index in [0.29, 0.717) is 18.8 Å². The van der Waals surface area contributed by atoms with Gasteiger partial charge in [-0.3, -0.25) is 4.79 Å². The van der Waals surface area contributed by atoms with Gasteiger partial charge in [-0.1, -0.05) is 48.5 Å². The van der Waals surface area contributed by atoms with Crippen LogP contribution in [0.15, 0.2) is 66.7 Å². The number of ether oxygens (including phenoxy) is 1. The Morgan fingerprint density at radius 2 is 1.54 bits per heavy atom. The molecule has 1 aliphatic heterocycles. The maximum atomic E-state index is 12.4. The molecule has 2 aromatic rings. The second-order valence-corrected chi connectivity index (χ2v) is 6.28. The quantitative estimate of drug-likeness (QED) is 0.840. The molecule has 1 fully saturated rings. The molecule has 0 unspecified atom stereocenters. The monoisotopic (exact) mass is 351 g/mol. The third-order valence-electron chi connectivity index (χ3n) is 4.55. The van der Waals surface area contributed by atoms with E-state index >= 15 is 0 Å². The minimum atomic E-state index is -1.29. The fraction of sp³-hybridized carbons (Fsp3) is 0.238. The summed E-state index contributed by atoms with van der Waals surface area (Å²) in [7, 11) is 0. The molecule has 3 rings (SSSR count). The van der Waals surface area contributed by atoms with E-state index in [1.807, 2.05) is 36.4 Å². The average Bonchev–Trinajstić information content (AvgIpc) is 2.68. The van der Waals surface area contributed by atoms with E-state index in [0.717, 1.165) is 5.56 Å². The zero-order chi connectivity index (χ0) is 18.4. The number of piperidine rings is 1. The molecule has 26 heavy (non-hydrogen) atoms. The van der Waals surface area contributed by atoms with Crippen LogP contribution >= 0.6 is 0 Å². The minimum absolute atomic E-state index is 0.118. The van der Waals surface area contributed by atoms with Crippen molar-refractivity contribution in [3.05, 3.63) is 72.3 Å². The Hall–Kier alpha value is -3.08. The number of hydrogen-bond donors (Lipinski definition) is 1. The molecule has 0 aliphatic carbocycles. The van der Waals surface area contributed by atoms with Gasteiger partial charge in [-0.15, -0.1) is 0 Å². The van der Waals surface area contributed by atoms with Crippen molar-refractivity contribution < 1.29 is 19.4 Å². The predicted octanol–water partition coefficient (Wildman–Crippen LogP) is 3.22. The second kappa shape index (κ2) is 7.87. The molecule has 2 aromatic carbocycles. The van der Waals surface area contributed by atoms with E-state index in [-0.39, 0.29) is 18.7 Å². The molecular formula is C21H21NO4. The first-order valence-electron chi connectivity index (χ1n) is 8.59. The molecule has 0 atom stereocenters. The smallest absolute Gasteiger partial charge is 0.348 e. The maximum Gasteiger partial charge on any atom is 0.348 e. The number of likely N-dealkylation sites (tertiary alicyclic amines) is 1. The molecule has 5 heteroatoms. The van der Waals surface area contributed by atoms with E-state index in [1.165, 1.54) is 6.08 Å². The maximum absolute atomic E-state index is 12.4. The van der Waals surface area contributed by atoms with Crippen LogP contribution in [0.3, 0.4) is 0 Å². The van der Waals surface area contributed by atoms with Crippen molar-refractivity contribution >= 4 is 18.0 Å². The molecule has 0 bridgehead atoms. The molecule has 1 aliphatic rings. The summed E-state index contributed by atoms with van der Waals surface area (Å²) in [5.41, 5.74) is -0.341. The lowest BCUT2D eigenvalue weighted by atomic mass is 9.91. The van der Waals surface area contributed by atoms with Gasteiger partial charge in [-0.05, 0) is 23.8 Å². The van der Waals surface area contributed by atoms with Crippen LogP contribution in [-0.4, -0.2) is 40.6 Å². The molecule has 0 saturated carbocycles. The van der Waals surface area contributed by atoms with Crippen molar-refractivity contribution in [1.82, 2.24) is 4.90 Å². The van der Waals surface area contributed by atoms with Crippen molar-refractivity contribution in [2.45, 2.75) is 18.4 Å². The summed E-state index contributed by atoms with van der Waals surface area (Å²) in [6.07, 6.45) is 3.80. The molecule has 134 valence electrons. The molecular weight excluding hydrogens is 330 g/mol. The summed E-state index contributed by atoms with van der Waals surface area (Å²) in [6, 6.07) is 18.5. The number of hydrogen-bond acceptors (Lipinski definition) is 3. The Morgan fingerprint density at radius 3 is 2.12 bits per heavy atom. The molecule has 0 radical (unpaired) electrons. The number of amides is 1. The SMILES string of the molecule is O=C(/C=C/c1ccccc1)N1CCC(Oc2ccccc2)(C(=O)O)CC1. The highest BCUT2D eigenvalue weighted by atomic mass is 16.5. The van der Waals surface area contributed by atoms with Gasteiger partial charge in [-0.2, -0.15) is 0 Å². The fourth-order valence-electron chi connectivity index (χ4n) is 3.00. The third kappa shape index (κ3) is 4.11. The largest absolute Gasteiger partial charge is 0.478 e. The van der Waals surface area contributed by atoms with Crippen LogP contribution in [0.2, 0.25) is 0 Å². The van der Waals surface area contributed by atoms with Crippen molar-refractivity contribution in [1.29, 1.82) is 0 Å². The minimum Gasteiger partial charge on any atom is -0.478 e. The molecule has 1 N–H and O–H groups in total. The second-order valence-electron chi connectivity index (χ2n) is 6.28. The normalized spacial score (nSPS) is 16.4. The van der Waals surface area contributed by atoms with Crippen molar-refractivity contribution in [2.24, 2.45) is 0 Å². The zero-order valence-corrected chi connectivity index (χ0v) is 14.4.